The number of hydrogen-bond acceptors (Lipinski definition) is 5. The molecule has 2 aromatic heterocycles. The van der Waals surface area contributed by atoms with Crippen LogP contribution in [-0.2, 0) is 0 Å². The lowest BCUT2D eigenvalue weighted by Gasteiger charge is -2.15. The summed E-state index contributed by atoms with van der Waals surface area (Å²) in [6.45, 7) is 2.61. The van der Waals surface area contributed by atoms with E-state index in [9.17, 15) is 8.78 Å². The summed E-state index contributed by atoms with van der Waals surface area (Å²) in [5, 5.41) is 4.86. The molecule has 2 aromatic carbocycles. The molecule has 0 saturated carbocycles. The van der Waals surface area contributed by atoms with Crippen molar-refractivity contribution in [3.05, 3.63) is 60.2 Å². The van der Waals surface area contributed by atoms with E-state index in [2.05, 4.69) is 15.1 Å². The van der Waals surface area contributed by atoms with E-state index in [1.807, 2.05) is 18.9 Å². The lowest BCUT2D eigenvalue weighted by molar-refractivity contribution is 0.625. The minimum absolute atomic E-state index is 0.213. The molecule has 0 spiro atoms. The Balaban J connectivity index is 2.05. The fraction of sp³-hybridized carbons (Fsp3) is 0.150. The lowest BCUT2D eigenvalue weighted by Crippen LogP contribution is -2.19. The van der Waals surface area contributed by atoms with Gasteiger partial charge in [-0.15, -0.1) is 5.10 Å². The monoisotopic (exact) mass is 380 g/mol. The van der Waals surface area contributed by atoms with Crippen LogP contribution in [0.4, 0.5) is 20.5 Å². The second kappa shape index (κ2) is 6.88. The quantitative estimate of drug-likeness (QED) is 0.583. The highest BCUT2D eigenvalue weighted by Crippen LogP contribution is 2.34. The maximum absolute atomic E-state index is 14.5. The fourth-order valence-corrected chi connectivity index (χ4v) is 2.97. The van der Waals surface area contributed by atoms with E-state index in [0.29, 0.717) is 40.5 Å². The number of nitrogens with zero attached hydrogens (tertiary/aromatic N) is 5. The minimum Gasteiger partial charge on any atom is -0.383 e. The number of anilines is 2. The molecule has 4 aromatic rings. The molecule has 0 fully saturated rings. The van der Waals surface area contributed by atoms with Crippen LogP contribution in [-0.4, -0.2) is 33.3 Å². The molecule has 0 bridgehead atoms. The molecule has 6 nitrogen and oxygen atoms in total. The standard InChI is InChI=1S/C20H18F2N6/c1-3-27(2)20-24-17(14-9-4-5-10-15(14)22)16-18(23)28(26-19(16)25-20)13-8-6-7-12(21)11-13/h4-11H,3,23H2,1-2H3. The van der Waals surface area contributed by atoms with Gasteiger partial charge in [-0.1, -0.05) is 18.2 Å². The Kier molecular flexibility index (Phi) is 4.38. The van der Waals surface area contributed by atoms with Crippen molar-refractivity contribution in [1.29, 1.82) is 0 Å². The molecule has 8 heteroatoms. The third-order valence-electron chi connectivity index (χ3n) is 4.55. The summed E-state index contributed by atoms with van der Waals surface area (Å²) in [6, 6.07) is 12.2. The third kappa shape index (κ3) is 2.92. The van der Waals surface area contributed by atoms with Crippen molar-refractivity contribution in [1.82, 2.24) is 19.7 Å². The molecule has 0 atom stereocenters. The largest absolute Gasteiger partial charge is 0.383 e. The zero-order valence-corrected chi connectivity index (χ0v) is 15.4. The number of nitrogens with two attached hydrogens (primary N) is 1. The topological polar surface area (TPSA) is 72.9 Å². The molecule has 0 saturated heterocycles. The molecule has 4 rings (SSSR count). The number of aromatic nitrogens is 4. The highest BCUT2D eigenvalue weighted by molar-refractivity contribution is 5.99. The van der Waals surface area contributed by atoms with Gasteiger partial charge in [-0.05, 0) is 37.3 Å². The zero-order valence-electron chi connectivity index (χ0n) is 15.4. The van der Waals surface area contributed by atoms with Gasteiger partial charge in [-0.2, -0.15) is 4.98 Å². The number of rotatable bonds is 4. The molecule has 0 radical (unpaired) electrons. The van der Waals surface area contributed by atoms with Crippen molar-refractivity contribution in [3.8, 4) is 16.9 Å². The molecule has 2 heterocycles. The average Bonchev–Trinajstić information content (AvgIpc) is 3.04. The Labute approximate surface area is 160 Å². The van der Waals surface area contributed by atoms with Gasteiger partial charge < -0.3 is 10.6 Å². The molecular weight excluding hydrogens is 362 g/mol. The molecule has 0 aliphatic heterocycles. The van der Waals surface area contributed by atoms with Crippen LogP contribution in [0.2, 0.25) is 0 Å². The summed E-state index contributed by atoms with van der Waals surface area (Å²) in [5.41, 5.74) is 7.73. The van der Waals surface area contributed by atoms with Crippen LogP contribution in [0.3, 0.4) is 0 Å². The minimum atomic E-state index is -0.425. The highest BCUT2D eigenvalue weighted by Gasteiger charge is 2.21. The molecule has 2 N–H and O–H groups in total. The van der Waals surface area contributed by atoms with Crippen LogP contribution < -0.4 is 10.6 Å². The van der Waals surface area contributed by atoms with E-state index >= 15 is 0 Å². The summed E-state index contributed by atoms with van der Waals surface area (Å²) in [6.07, 6.45) is 0. The Bertz CT molecular complexity index is 1170. The van der Waals surface area contributed by atoms with Gasteiger partial charge in [0.1, 0.15) is 17.5 Å². The van der Waals surface area contributed by atoms with Gasteiger partial charge in [0.25, 0.3) is 0 Å². The van der Waals surface area contributed by atoms with Gasteiger partial charge in [-0.3, -0.25) is 0 Å². The lowest BCUT2D eigenvalue weighted by atomic mass is 10.1. The van der Waals surface area contributed by atoms with E-state index in [0.717, 1.165) is 0 Å². The molecule has 0 aliphatic carbocycles. The molecule has 142 valence electrons. The van der Waals surface area contributed by atoms with Crippen molar-refractivity contribution in [2.45, 2.75) is 6.92 Å². The summed E-state index contributed by atoms with van der Waals surface area (Å²) < 4.78 is 29.6. The van der Waals surface area contributed by atoms with E-state index in [4.69, 9.17) is 5.73 Å². The summed E-state index contributed by atoms with van der Waals surface area (Å²) in [5.74, 6) is -0.226. The fourth-order valence-electron chi connectivity index (χ4n) is 2.97. The smallest absolute Gasteiger partial charge is 0.227 e. The van der Waals surface area contributed by atoms with Crippen LogP contribution in [0.25, 0.3) is 28.0 Å². The van der Waals surface area contributed by atoms with Crippen molar-refractivity contribution >= 4 is 22.8 Å². The number of benzene rings is 2. The van der Waals surface area contributed by atoms with Crippen molar-refractivity contribution < 1.29 is 8.78 Å². The molecule has 0 aliphatic rings. The van der Waals surface area contributed by atoms with Crippen molar-refractivity contribution in [2.24, 2.45) is 0 Å². The maximum atomic E-state index is 14.5. The highest BCUT2D eigenvalue weighted by atomic mass is 19.1. The SMILES string of the molecule is CCN(C)c1nc(-c2ccccc2F)c2c(N)n(-c3cccc(F)c3)nc2n1. The van der Waals surface area contributed by atoms with Crippen LogP contribution in [0, 0.1) is 11.6 Å². The van der Waals surface area contributed by atoms with Gasteiger partial charge in [-0.25, -0.2) is 18.4 Å². The summed E-state index contributed by atoms with van der Waals surface area (Å²) in [4.78, 5) is 10.9. The number of fused-ring (bicyclic) bond motifs is 1. The Hall–Kier alpha value is -3.55. The van der Waals surface area contributed by atoms with E-state index < -0.39 is 11.6 Å². The third-order valence-corrected chi connectivity index (χ3v) is 4.55. The second-order valence-corrected chi connectivity index (χ2v) is 6.34. The number of nitrogen functional groups attached to an aromatic ring is 1. The Morgan fingerprint density at radius 3 is 2.57 bits per heavy atom. The Morgan fingerprint density at radius 1 is 1.07 bits per heavy atom. The van der Waals surface area contributed by atoms with E-state index in [1.165, 1.54) is 22.9 Å². The average molecular weight is 380 g/mol. The normalized spacial score (nSPS) is 11.1. The first-order valence-corrected chi connectivity index (χ1v) is 8.77. The molecule has 28 heavy (non-hydrogen) atoms. The maximum Gasteiger partial charge on any atom is 0.227 e. The van der Waals surface area contributed by atoms with E-state index in [1.54, 1.807) is 30.3 Å². The predicted octanol–water partition coefficient (Wildman–Crippen LogP) is 3.80. The van der Waals surface area contributed by atoms with Gasteiger partial charge in [0.15, 0.2) is 5.65 Å². The number of hydrogen-bond donors (Lipinski definition) is 1. The second-order valence-electron chi connectivity index (χ2n) is 6.34. The van der Waals surface area contributed by atoms with Gasteiger partial charge in [0, 0.05) is 19.2 Å². The van der Waals surface area contributed by atoms with E-state index in [-0.39, 0.29) is 5.82 Å². The molecular formula is C20H18F2N6. The Morgan fingerprint density at radius 2 is 1.86 bits per heavy atom. The van der Waals surface area contributed by atoms with Crippen molar-refractivity contribution in [2.75, 3.05) is 24.2 Å². The van der Waals surface area contributed by atoms with Crippen LogP contribution in [0.15, 0.2) is 48.5 Å². The summed E-state index contributed by atoms with van der Waals surface area (Å²) in [7, 11) is 1.83. The first-order chi connectivity index (χ1) is 13.5. The predicted molar refractivity (Wildman–Crippen MR) is 105 cm³/mol. The van der Waals surface area contributed by atoms with Gasteiger partial charge in [0.05, 0.1) is 16.8 Å². The number of halogens is 2. The van der Waals surface area contributed by atoms with Gasteiger partial charge >= 0.3 is 0 Å². The zero-order chi connectivity index (χ0) is 19.8. The molecule has 0 amide bonds. The van der Waals surface area contributed by atoms with Gasteiger partial charge in [0.2, 0.25) is 5.95 Å². The first kappa shape index (κ1) is 17.8. The van der Waals surface area contributed by atoms with Crippen LogP contribution >= 0.6 is 0 Å². The van der Waals surface area contributed by atoms with Crippen LogP contribution in [0.1, 0.15) is 6.92 Å². The van der Waals surface area contributed by atoms with Crippen LogP contribution in [0.5, 0.6) is 0 Å². The molecule has 0 unspecified atom stereocenters. The summed E-state index contributed by atoms with van der Waals surface area (Å²) >= 11 is 0. The first-order valence-electron chi connectivity index (χ1n) is 8.77. The van der Waals surface area contributed by atoms with Crippen molar-refractivity contribution in [3.63, 3.8) is 0 Å².